The number of halogens is 1. The van der Waals surface area contributed by atoms with Crippen LogP contribution in [0.5, 0.6) is 0 Å². The molecule has 3 aromatic rings. The molecule has 0 aromatic carbocycles. The summed E-state index contributed by atoms with van der Waals surface area (Å²) in [7, 11) is 0. The Morgan fingerprint density at radius 2 is 2.18 bits per heavy atom. The molecule has 0 radical (unpaired) electrons. The molecule has 0 spiro atoms. The number of fused-ring (bicyclic) bond motifs is 1. The first-order chi connectivity index (χ1) is 13.8. The summed E-state index contributed by atoms with van der Waals surface area (Å²) in [6.07, 6.45) is 11.7. The molecule has 0 atom stereocenters. The van der Waals surface area contributed by atoms with Gasteiger partial charge < -0.3 is 10.2 Å². The first-order valence-electron chi connectivity index (χ1n) is 9.59. The van der Waals surface area contributed by atoms with Gasteiger partial charge in [0.2, 0.25) is 0 Å². The van der Waals surface area contributed by atoms with Crippen LogP contribution in [0, 0.1) is 0 Å². The largest absolute Gasteiger partial charge is 0.355 e. The summed E-state index contributed by atoms with van der Waals surface area (Å²) in [5.41, 5.74) is 2.28. The number of anilines is 1. The molecule has 3 aromatic heterocycles. The lowest BCUT2D eigenvalue weighted by Crippen LogP contribution is -2.43. The minimum atomic E-state index is 0.576. The lowest BCUT2D eigenvalue weighted by Gasteiger charge is -2.33. The standard InChI is InChI=1S/C20H24ClN5S2/c1-27-17-12-28-19-18(17)24-13-25-20(19)26-9-5-15(6-10-26)23-7-2-3-14-4-8-22-11-16(14)21/h4,8,11-13,15,23H,2-3,5-7,9-10H2,1H3. The molecule has 4 rings (SSSR count). The number of piperidine rings is 1. The molecule has 8 heteroatoms. The number of nitrogens with one attached hydrogen (secondary N) is 1. The number of aryl methyl sites for hydroxylation is 1. The minimum Gasteiger partial charge on any atom is -0.355 e. The summed E-state index contributed by atoms with van der Waals surface area (Å²) in [5.74, 6) is 1.10. The van der Waals surface area contributed by atoms with E-state index in [1.54, 1.807) is 35.6 Å². The molecule has 148 valence electrons. The van der Waals surface area contributed by atoms with E-state index < -0.39 is 0 Å². The highest BCUT2D eigenvalue weighted by Gasteiger charge is 2.22. The summed E-state index contributed by atoms with van der Waals surface area (Å²) in [6.45, 7) is 3.09. The van der Waals surface area contributed by atoms with Crippen LogP contribution in [0.15, 0.2) is 35.1 Å². The number of rotatable bonds is 7. The van der Waals surface area contributed by atoms with Crippen LogP contribution in [0.4, 0.5) is 5.82 Å². The highest BCUT2D eigenvalue weighted by atomic mass is 35.5. The van der Waals surface area contributed by atoms with Crippen LogP contribution in [-0.2, 0) is 6.42 Å². The van der Waals surface area contributed by atoms with E-state index in [1.165, 1.54) is 15.2 Å². The van der Waals surface area contributed by atoms with Crippen molar-refractivity contribution in [3.05, 3.63) is 40.8 Å². The zero-order valence-electron chi connectivity index (χ0n) is 15.9. The van der Waals surface area contributed by atoms with Gasteiger partial charge in [0.25, 0.3) is 0 Å². The van der Waals surface area contributed by atoms with E-state index in [-0.39, 0.29) is 0 Å². The van der Waals surface area contributed by atoms with E-state index in [2.05, 4.69) is 36.8 Å². The van der Waals surface area contributed by atoms with Gasteiger partial charge in [0, 0.05) is 41.8 Å². The average molecular weight is 434 g/mol. The normalized spacial score (nSPS) is 15.4. The van der Waals surface area contributed by atoms with Crippen LogP contribution in [0.1, 0.15) is 24.8 Å². The van der Waals surface area contributed by atoms with Crippen molar-refractivity contribution in [2.24, 2.45) is 0 Å². The Hall–Kier alpha value is -1.41. The van der Waals surface area contributed by atoms with Crippen LogP contribution >= 0.6 is 34.7 Å². The molecule has 1 fully saturated rings. The Labute approximate surface area is 178 Å². The van der Waals surface area contributed by atoms with E-state index in [0.717, 1.165) is 61.7 Å². The molecule has 5 nitrogen and oxygen atoms in total. The Kier molecular flexibility index (Phi) is 6.67. The first-order valence-corrected chi connectivity index (χ1v) is 12.1. The molecule has 1 N–H and O–H groups in total. The molecule has 0 bridgehead atoms. The molecular formula is C20H24ClN5S2. The number of thiophene rings is 1. The molecule has 0 unspecified atom stereocenters. The van der Waals surface area contributed by atoms with Gasteiger partial charge in [-0.1, -0.05) is 11.6 Å². The number of hydrogen-bond acceptors (Lipinski definition) is 7. The molecule has 0 saturated carbocycles. The van der Waals surface area contributed by atoms with Crippen molar-refractivity contribution in [3.63, 3.8) is 0 Å². The monoisotopic (exact) mass is 433 g/mol. The molecule has 0 aliphatic carbocycles. The SMILES string of the molecule is CSc1csc2c(N3CCC(NCCCc4ccncc4Cl)CC3)ncnc12. The van der Waals surface area contributed by atoms with Crippen molar-refractivity contribution in [2.45, 2.75) is 36.6 Å². The smallest absolute Gasteiger partial charge is 0.150 e. The molecule has 28 heavy (non-hydrogen) atoms. The third-order valence-corrected chi connectivity index (χ3v) is 7.43. The fourth-order valence-electron chi connectivity index (χ4n) is 3.67. The van der Waals surface area contributed by atoms with Crippen LogP contribution in [0.3, 0.4) is 0 Å². The molecule has 1 aliphatic heterocycles. The molecule has 1 saturated heterocycles. The highest BCUT2D eigenvalue weighted by molar-refractivity contribution is 7.99. The van der Waals surface area contributed by atoms with Crippen molar-refractivity contribution in [2.75, 3.05) is 30.8 Å². The number of hydrogen-bond donors (Lipinski definition) is 1. The molecule has 1 aliphatic rings. The molecule has 0 amide bonds. The lowest BCUT2D eigenvalue weighted by atomic mass is 10.0. The van der Waals surface area contributed by atoms with Gasteiger partial charge >= 0.3 is 0 Å². The second-order valence-electron chi connectivity index (χ2n) is 6.97. The van der Waals surface area contributed by atoms with Crippen molar-refractivity contribution in [3.8, 4) is 0 Å². The fourth-order valence-corrected chi connectivity index (χ4v) is 5.73. The first kappa shape index (κ1) is 19.9. The van der Waals surface area contributed by atoms with Crippen molar-refractivity contribution >= 4 is 50.7 Å². The van der Waals surface area contributed by atoms with Crippen molar-refractivity contribution in [1.82, 2.24) is 20.3 Å². The number of aromatic nitrogens is 3. The highest BCUT2D eigenvalue weighted by Crippen LogP contribution is 2.36. The number of thioether (sulfide) groups is 1. The van der Waals surface area contributed by atoms with Gasteiger partial charge in [-0.3, -0.25) is 4.98 Å². The van der Waals surface area contributed by atoms with Crippen LogP contribution < -0.4 is 10.2 Å². The maximum Gasteiger partial charge on any atom is 0.150 e. The van der Waals surface area contributed by atoms with Gasteiger partial charge in [-0.05, 0) is 50.1 Å². The molecular weight excluding hydrogens is 410 g/mol. The van der Waals surface area contributed by atoms with Gasteiger partial charge in [-0.2, -0.15) is 0 Å². The fraction of sp³-hybridized carbons (Fsp3) is 0.450. The summed E-state index contributed by atoms with van der Waals surface area (Å²) in [4.78, 5) is 16.8. The van der Waals surface area contributed by atoms with E-state index in [1.807, 2.05) is 12.3 Å². The van der Waals surface area contributed by atoms with Crippen molar-refractivity contribution in [1.29, 1.82) is 0 Å². The van der Waals surface area contributed by atoms with E-state index in [9.17, 15) is 0 Å². The van der Waals surface area contributed by atoms with Crippen molar-refractivity contribution < 1.29 is 0 Å². The molecule has 4 heterocycles. The second kappa shape index (κ2) is 9.39. The summed E-state index contributed by atoms with van der Waals surface area (Å²) in [6, 6.07) is 2.59. The summed E-state index contributed by atoms with van der Waals surface area (Å²) < 4.78 is 1.22. The zero-order valence-corrected chi connectivity index (χ0v) is 18.3. The predicted molar refractivity (Wildman–Crippen MR) is 120 cm³/mol. The second-order valence-corrected chi connectivity index (χ2v) is 9.10. The number of nitrogens with zero attached hydrogens (tertiary/aromatic N) is 4. The van der Waals surface area contributed by atoms with Gasteiger partial charge in [0.15, 0.2) is 0 Å². The third kappa shape index (κ3) is 4.43. The van der Waals surface area contributed by atoms with Crippen LogP contribution in [0.25, 0.3) is 10.2 Å². The predicted octanol–water partition coefficient (Wildman–Crippen LogP) is 4.65. The maximum atomic E-state index is 6.18. The quantitative estimate of drug-likeness (QED) is 0.432. The van der Waals surface area contributed by atoms with Crippen LogP contribution in [0.2, 0.25) is 5.02 Å². The third-order valence-electron chi connectivity index (χ3n) is 5.23. The van der Waals surface area contributed by atoms with E-state index in [4.69, 9.17) is 11.6 Å². The van der Waals surface area contributed by atoms with Gasteiger partial charge in [0.1, 0.15) is 17.7 Å². The average Bonchev–Trinajstić information content (AvgIpc) is 3.16. The van der Waals surface area contributed by atoms with E-state index >= 15 is 0 Å². The lowest BCUT2D eigenvalue weighted by molar-refractivity contribution is 0.412. The Bertz CT molecular complexity index is 924. The Morgan fingerprint density at radius 3 is 2.96 bits per heavy atom. The summed E-state index contributed by atoms with van der Waals surface area (Å²) in [5, 5.41) is 6.67. The van der Waals surface area contributed by atoms with Gasteiger partial charge in [-0.25, -0.2) is 9.97 Å². The maximum absolute atomic E-state index is 6.18. The van der Waals surface area contributed by atoms with Crippen LogP contribution in [-0.4, -0.2) is 46.9 Å². The van der Waals surface area contributed by atoms with Gasteiger partial charge in [-0.15, -0.1) is 23.1 Å². The minimum absolute atomic E-state index is 0.576. The Balaban J connectivity index is 1.27. The zero-order chi connectivity index (χ0) is 19.3. The topological polar surface area (TPSA) is 53.9 Å². The van der Waals surface area contributed by atoms with E-state index in [0.29, 0.717) is 6.04 Å². The number of pyridine rings is 1. The summed E-state index contributed by atoms with van der Waals surface area (Å²) >= 11 is 9.69. The van der Waals surface area contributed by atoms with Gasteiger partial charge in [0.05, 0.1) is 9.72 Å². The Morgan fingerprint density at radius 1 is 1.32 bits per heavy atom.